The molecule has 1 aliphatic carbocycles. The van der Waals surface area contributed by atoms with E-state index in [-0.39, 0.29) is 18.5 Å². The van der Waals surface area contributed by atoms with Gasteiger partial charge in [-0.1, -0.05) is 13.0 Å². The number of carboxylic acid groups (broad SMARTS) is 1. The van der Waals surface area contributed by atoms with Gasteiger partial charge in [-0.25, -0.2) is 4.98 Å². The molecule has 0 spiro atoms. The summed E-state index contributed by atoms with van der Waals surface area (Å²) in [5.74, 6) is -1.65. The SMILES string of the molecule is CC(CN(C(=O)c1cn2ccccc2n1)C1CC1)C(=O)O. The van der Waals surface area contributed by atoms with E-state index >= 15 is 0 Å². The molecule has 1 saturated carbocycles. The molecule has 1 N–H and O–H groups in total. The normalized spacial score (nSPS) is 15.9. The first-order chi connectivity index (χ1) is 10.1. The predicted octanol–water partition coefficient (Wildman–Crippen LogP) is 1.66. The maximum Gasteiger partial charge on any atom is 0.308 e. The number of rotatable bonds is 5. The number of nitrogens with zero attached hydrogens (tertiary/aromatic N) is 3. The summed E-state index contributed by atoms with van der Waals surface area (Å²) in [6, 6.07) is 5.72. The minimum Gasteiger partial charge on any atom is -0.481 e. The zero-order valence-electron chi connectivity index (χ0n) is 11.8. The van der Waals surface area contributed by atoms with Crippen LogP contribution in [0.25, 0.3) is 5.65 Å². The maximum atomic E-state index is 12.6. The summed E-state index contributed by atoms with van der Waals surface area (Å²) >= 11 is 0. The van der Waals surface area contributed by atoms with Gasteiger partial charge in [-0.15, -0.1) is 0 Å². The van der Waals surface area contributed by atoms with Crippen LogP contribution in [0.1, 0.15) is 30.3 Å². The van der Waals surface area contributed by atoms with Crippen molar-refractivity contribution in [1.82, 2.24) is 14.3 Å². The van der Waals surface area contributed by atoms with Gasteiger partial charge >= 0.3 is 5.97 Å². The van der Waals surface area contributed by atoms with Crippen molar-refractivity contribution in [1.29, 1.82) is 0 Å². The van der Waals surface area contributed by atoms with Crippen molar-refractivity contribution in [2.75, 3.05) is 6.54 Å². The van der Waals surface area contributed by atoms with Crippen LogP contribution in [0.15, 0.2) is 30.6 Å². The molecule has 1 amide bonds. The number of fused-ring (bicyclic) bond motifs is 1. The fraction of sp³-hybridized carbons (Fsp3) is 0.400. The van der Waals surface area contributed by atoms with Gasteiger partial charge in [0.15, 0.2) is 0 Å². The van der Waals surface area contributed by atoms with Crippen molar-refractivity contribution in [3.05, 3.63) is 36.3 Å². The quantitative estimate of drug-likeness (QED) is 0.907. The highest BCUT2D eigenvalue weighted by molar-refractivity contribution is 5.93. The molecule has 2 aromatic rings. The largest absolute Gasteiger partial charge is 0.481 e. The number of carbonyl (C=O) groups excluding carboxylic acids is 1. The molecule has 6 heteroatoms. The highest BCUT2D eigenvalue weighted by Gasteiger charge is 2.35. The number of aliphatic carboxylic acids is 1. The van der Waals surface area contributed by atoms with Crippen LogP contribution in [0.4, 0.5) is 0 Å². The van der Waals surface area contributed by atoms with E-state index in [0.717, 1.165) is 12.8 Å². The monoisotopic (exact) mass is 287 g/mol. The van der Waals surface area contributed by atoms with E-state index in [1.165, 1.54) is 0 Å². The van der Waals surface area contributed by atoms with Crippen LogP contribution >= 0.6 is 0 Å². The Kier molecular flexibility index (Phi) is 3.37. The number of carbonyl (C=O) groups is 2. The second kappa shape index (κ2) is 5.20. The van der Waals surface area contributed by atoms with Gasteiger partial charge in [0.1, 0.15) is 11.3 Å². The van der Waals surface area contributed by atoms with E-state index in [1.807, 2.05) is 24.4 Å². The Morgan fingerprint density at radius 3 is 2.86 bits per heavy atom. The fourth-order valence-electron chi connectivity index (χ4n) is 2.34. The number of hydrogen-bond donors (Lipinski definition) is 1. The smallest absolute Gasteiger partial charge is 0.308 e. The summed E-state index contributed by atoms with van der Waals surface area (Å²) in [6.45, 7) is 1.85. The highest BCUT2D eigenvalue weighted by atomic mass is 16.4. The number of imidazole rings is 1. The molecule has 0 bridgehead atoms. The first kappa shape index (κ1) is 13.6. The summed E-state index contributed by atoms with van der Waals surface area (Å²) in [6.07, 6.45) is 5.40. The van der Waals surface area contributed by atoms with Gasteiger partial charge in [0.05, 0.1) is 5.92 Å². The summed E-state index contributed by atoms with van der Waals surface area (Å²) in [7, 11) is 0. The zero-order chi connectivity index (χ0) is 15.0. The molecule has 0 radical (unpaired) electrons. The summed E-state index contributed by atoms with van der Waals surface area (Å²) in [5, 5.41) is 9.04. The van der Waals surface area contributed by atoms with Crippen molar-refractivity contribution >= 4 is 17.5 Å². The Morgan fingerprint density at radius 2 is 2.24 bits per heavy atom. The Balaban J connectivity index is 1.85. The standard InChI is InChI=1S/C15H17N3O3/c1-10(15(20)21)8-18(11-5-6-11)14(19)12-9-17-7-3-2-4-13(17)16-12/h2-4,7,9-11H,5-6,8H2,1H3,(H,20,21). The highest BCUT2D eigenvalue weighted by Crippen LogP contribution is 2.29. The summed E-state index contributed by atoms with van der Waals surface area (Å²) < 4.78 is 1.79. The second-order valence-electron chi connectivity index (χ2n) is 5.52. The van der Waals surface area contributed by atoms with Crippen LogP contribution in [0.5, 0.6) is 0 Å². The minimum absolute atomic E-state index is 0.157. The lowest BCUT2D eigenvalue weighted by atomic mass is 10.1. The molecule has 110 valence electrons. The van der Waals surface area contributed by atoms with Gasteiger partial charge in [0, 0.05) is 25.0 Å². The van der Waals surface area contributed by atoms with Gasteiger partial charge in [-0.05, 0) is 25.0 Å². The van der Waals surface area contributed by atoms with Crippen LogP contribution in [0.3, 0.4) is 0 Å². The average molecular weight is 287 g/mol. The average Bonchev–Trinajstić information content (AvgIpc) is 3.21. The molecule has 0 aromatic carbocycles. The third-order valence-corrected chi connectivity index (χ3v) is 3.72. The first-order valence-electron chi connectivity index (χ1n) is 7.04. The molecule has 3 rings (SSSR count). The van der Waals surface area contributed by atoms with Crippen LogP contribution in [0.2, 0.25) is 0 Å². The molecule has 2 heterocycles. The summed E-state index contributed by atoms with van der Waals surface area (Å²) in [5.41, 5.74) is 1.08. The van der Waals surface area contributed by atoms with Crippen molar-refractivity contribution < 1.29 is 14.7 Å². The molecular weight excluding hydrogens is 270 g/mol. The van der Waals surface area contributed by atoms with Gasteiger partial charge in [-0.2, -0.15) is 0 Å². The van der Waals surface area contributed by atoms with Crippen LogP contribution < -0.4 is 0 Å². The molecule has 0 aliphatic heterocycles. The van der Waals surface area contributed by atoms with Gasteiger partial charge in [0.25, 0.3) is 5.91 Å². The molecule has 21 heavy (non-hydrogen) atoms. The second-order valence-corrected chi connectivity index (χ2v) is 5.52. The summed E-state index contributed by atoms with van der Waals surface area (Å²) in [4.78, 5) is 29.6. The van der Waals surface area contributed by atoms with Gasteiger partial charge in [0.2, 0.25) is 0 Å². The van der Waals surface area contributed by atoms with Gasteiger partial charge < -0.3 is 14.4 Å². The fourth-order valence-corrected chi connectivity index (χ4v) is 2.34. The Morgan fingerprint density at radius 1 is 1.48 bits per heavy atom. The van der Waals surface area contributed by atoms with Crippen LogP contribution in [-0.4, -0.2) is 43.9 Å². The molecule has 0 saturated heterocycles. The number of aromatic nitrogens is 2. The molecule has 1 unspecified atom stereocenters. The maximum absolute atomic E-state index is 12.6. The van der Waals surface area contributed by atoms with Crippen molar-refractivity contribution in [2.24, 2.45) is 5.92 Å². The third kappa shape index (κ3) is 2.74. The minimum atomic E-state index is -0.886. The van der Waals surface area contributed by atoms with E-state index in [4.69, 9.17) is 5.11 Å². The van der Waals surface area contributed by atoms with Gasteiger partial charge in [-0.3, -0.25) is 9.59 Å². The lowest BCUT2D eigenvalue weighted by molar-refractivity contribution is -0.141. The third-order valence-electron chi connectivity index (χ3n) is 3.72. The van der Waals surface area contributed by atoms with Crippen molar-refractivity contribution in [3.63, 3.8) is 0 Å². The van der Waals surface area contributed by atoms with Crippen LogP contribution in [-0.2, 0) is 4.79 Å². The Bertz CT molecular complexity index is 657. The van der Waals surface area contributed by atoms with E-state index in [9.17, 15) is 9.59 Å². The Labute approximate surface area is 122 Å². The lowest BCUT2D eigenvalue weighted by Crippen LogP contribution is -2.38. The van der Waals surface area contributed by atoms with Crippen molar-refractivity contribution in [3.8, 4) is 0 Å². The topological polar surface area (TPSA) is 74.9 Å². The Hall–Kier alpha value is -2.37. The molecule has 1 aliphatic rings. The van der Waals surface area contributed by atoms with Crippen molar-refractivity contribution in [2.45, 2.75) is 25.8 Å². The molecule has 1 atom stereocenters. The number of carboxylic acids is 1. The van der Waals surface area contributed by atoms with E-state index in [0.29, 0.717) is 11.3 Å². The first-order valence-corrected chi connectivity index (χ1v) is 7.04. The number of pyridine rings is 1. The molecule has 1 fully saturated rings. The number of hydrogen-bond acceptors (Lipinski definition) is 3. The molecule has 6 nitrogen and oxygen atoms in total. The van der Waals surface area contributed by atoms with E-state index < -0.39 is 11.9 Å². The van der Waals surface area contributed by atoms with E-state index in [2.05, 4.69) is 4.98 Å². The van der Waals surface area contributed by atoms with Crippen LogP contribution in [0, 0.1) is 5.92 Å². The lowest BCUT2D eigenvalue weighted by Gasteiger charge is -2.23. The zero-order valence-corrected chi connectivity index (χ0v) is 11.8. The molecule has 2 aromatic heterocycles. The van der Waals surface area contributed by atoms with E-state index in [1.54, 1.807) is 22.4 Å². The predicted molar refractivity (Wildman–Crippen MR) is 76.1 cm³/mol. The number of amides is 1. The molecular formula is C15H17N3O3.